The van der Waals surface area contributed by atoms with Crippen molar-refractivity contribution in [1.82, 2.24) is 14.5 Å². The molecule has 1 saturated heterocycles. The number of nitrogens with one attached hydrogen (secondary N) is 1. The first-order chi connectivity index (χ1) is 17.5. The Kier molecular flexibility index (Phi) is 7.61. The van der Waals surface area contributed by atoms with Crippen molar-refractivity contribution in [3.8, 4) is 11.4 Å². The fourth-order valence-corrected chi connectivity index (χ4v) is 5.45. The van der Waals surface area contributed by atoms with Crippen LogP contribution in [0.2, 0.25) is 10.0 Å². The first kappa shape index (κ1) is 24.8. The highest BCUT2D eigenvalue weighted by molar-refractivity contribution is 6.31. The zero-order valence-corrected chi connectivity index (χ0v) is 21.9. The summed E-state index contributed by atoms with van der Waals surface area (Å²) in [5.74, 6) is 1.45. The molecule has 5 nitrogen and oxygen atoms in total. The predicted octanol–water partition coefficient (Wildman–Crippen LogP) is 7.24. The highest BCUT2D eigenvalue weighted by atomic mass is 35.5. The maximum absolute atomic E-state index is 11.4. The van der Waals surface area contributed by atoms with E-state index in [4.69, 9.17) is 28.2 Å². The van der Waals surface area contributed by atoms with Gasteiger partial charge in [0, 0.05) is 34.8 Å². The van der Waals surface area contributed by atoms with Crippen molar-refractivity contribution >= 4 is 45.8 Å². The summed E-state index contributed by atoms with van der Waals surface area (Å²) in [4.78, 5) is 18.9. The lowest BCUT2D eigenvalue weighted by molar-refractivity contribution is -0.114. The van der Waals surface area contributed by atoms with E-state index in [1.165, 1.54) is 5.56 Å². The molecule has 1 N–H and O–H groups in total. The maximum Gasteiger partial charge on any atom is 0.221 e. The Morgan fingerprint density at radius 2 is 1.72 bits per heavy atom. The van der Waals surface area contributed by atoms with Gasteiger partial charge in [-0.05, 0) is 105 Å². The van der Waals surface area contributed by atoms with Crippen LogP contribution in [-0.4, -0.2) is 40.0 Å². The van der Waals surface area contributed by atoms with Crippen molar-refractivity contribution < 1.29 is 4.79 Å². The van der Waals surface area contributed by atoms with Gasteiger partial charge in [0.25, 0.3) is 0 Å². The van der Waals surface area contributed by atoms with Crippen molar-refractivity contribution in [2.45, 2.75) is 38.6 Å². The summed E-state index contributed by atoms with van der Waals surface area (Å²) < 4.78 is 2.28. The fraction of sp³-hybridized carbons (Fsp3) is 0.310. The number of likely N-dealkylation sites (tertiary alicyclic amines) is 1. The average molecular weight is 521 g/mol. The first-order valence-electron chi connectivity index (χ1n) is 12.5. The second kappa shape index (κ2) is 11.0. The molecular formula is C29H30Cl2N4O. The number of piperidine rings is 1. The number of imidazole rings is 1. The van der Waals surface area contributed by atoms with E-state index in [2.05, 4.69) is 26.9 Å². The minimum absolute atomic E-state index is 0.0332. The third-order valence-electron chi connectivity index (χ3n) is 6.93. The summed E-state index contributed by atoms with van der Waals surface area (Å²) in [6, 6.07) is 22.0. The molecule has 0 bridgehead atoms. The number of benzene rings is 3. The van der Waals surface area contributed by atoms with Crippen LogP contribution in [0.25, 0.3) is 22.4 Å². The molecular weight excluding hydrogens is 491 g/mol. The van der Waals surface area contributed by atoms with Crippen LogP contribution in [-0.2, 0) is 11.3 Å². The Balaban J connectivity index is 1.23. The van der Waals surface area contributed by atoms with E-state index < -0.39 is 0 Å². The van der Waals surface area contributed by atoms with Gasteiger partial charge in [-0.3, -0.25) is 4.79 Å². The van der Waals surface area contributed by atoms with Gasteiger partial charge in [0.15, 0.2) is 0 Å². The number of hydrogen-bond donors (Lipinski definition) is 1. The number of rotatable bonds is 7. The van der Waals surface area contributed by atoms with Crippen LogP contribution in [0.3, 0.4) is 0 Å². The first-order valence-corrected chi connectivity index (χ1v) is 13.2. The summed E-state index contributed by atoms with van der Waals surface area (Å²) in [6.07, 6.45) is 3.29. The van der Waals surface area contributed by atoms with Crippen LogP contribution in [0.15, 0.2) is 66.7 Å². The lowest BCUT2D eigenvalue weighted by Crippen LogP contribution is -2.34. The molecule has 1 aliphatic heterocycles. The van der Waals surface area contributed by atoms with Crippen molar-refractivity contribution in [1.29, 1.82) is 0 Å². The van der Waals surface area contributed by atoms with Gasteiger partial charge in [-0.1, -0.05) is 35.3 Å². The molecule has 7 heteroatoms. The number of nitrogens with zero attached hydrogens (tertiary/aromatic N) is 3. The van der Waals surface area contributed by atoms with E-state index in [0.29, 0.717) is 5.92 Å². The average Bonchev–Trinajstić information content (AvgIpc) is 3.22. The number of carbonyl (C=O) groups excluding carboxylic acids is 1. The summed E-state index contributed by atoms with van der Waals surface area (Å²) >= 11 is 12.5. The molecule has 0 spiro atoms. The number of aryl methyl sites for hydroxylation is 1. The van der Waals surface area contributed by atoms with Gasteiger partial charge in [0.1, 0.15) is 5.82 Å². The molecule has 186 valence electrons. The minimum Gasteiger partial charge on any atom is -0.326 e. The molecule has 0 aliphatic carbocycles. The second-order valence-corrected chi connectivity index (χ2v) is 10.4. The number of hydrogen-bond acceptors (Lipinski definition) is 3. The van der Waals surface area contributed by atoms with Crippen LogP contribution in [0, 0.1) is 0 Å². The van der Waals surface area contributed by atoms with Gasteiger partial charge < -0.3 is 14.8 Å². The summed E-state index contributed by atoms with van der Waals surface area (Å²) in [7, 11) is 0. The predicted molar refractivity (Wildman–Crippen MR) is 149 cm³/mol. The zero-order valence-electron chi connectivity index (χ0n) is 20.4. The fourth-order valence-electron chi connectivity index (χ4n) is 5.16. The smallest absolute Gasteiger partial charge is 0.221 e. The van der Waals surface area contributed by atoms with Gasteiger partial charge in [0.2, 0.25) is 5.91 Å². The van der Waals surface area contributed by atoms with E-state index in [9.17, 15) is 4.79 Å². The van der Waals surface area contributed by atoms with Crippen LogP contribution >= 0.6 is 23.2 Å². The number of fused-ring (bicyclic) bond motifs is 1. The molecule has 0 saturated carbocycles. The molecule has 1 aromatic heterocycles. The van der Waals surface area contributed by atoms with Crippen molar-refractivity contribution in [2.24, 2.45) is 0 Å². The molecule has 1 aliphatic rings. The van der Waals surface area contributed by atoms with E-state index in [-0.39, 0.29) is 5.91 Å². The molecule has 5 rings (SSSR count). The number of amides is 1. The Hall–Kier alpha value is -2.86. The van der Waals surface area contributed by atoms with E-state index >= 15 is 0 Å². The van der Waals surface area contributed by atoms with E-state index in [1.54, 1.807) is 6.92 Å². The second-order valence-electron chi connectivity index (χ2n) is 9.50. The molecule has 1 fully saturated rings. The van der Waals surface area contributed by atoms with Crippen LogP contribution < -0.4 is 5.32 Å². The number of carbonyl (C=O) groups is 1. The highest BCUT2D eigenvalue weighted by Crippen LogP contribution is 2.31. The maximum atomic E-state index is 11.4. The van der Waals surface area contributed by atoms with Gasteiger partial charge in [0.05, 0.1) is 11.0 Å². The van der Waals surface area contributed by atoms with E-state index in [1.807, 2.05) is 54.6 Å². The number of anilines is 1. The van der Waals surface area contributed by atoms with Crippen molar-refractivity contribution in [3.63, 3.8) is 0 Å². The normalized spacial score (nSPS) is 14.9. The highest BCUT2D eigenvalue weighted by Gasteiger charge is 2.21. The lowest BCUT2D eigenvalue weighted by atomic mass is 9.89. The summed E-state index contributed by atoms with van der Waals surface area (Å²) in [5, 5.41) is 4.33. The molecule has 4 aromatic rings. The number of aromatic nitrogens is 2. The van der Waals surface area contributed by atoms with Gasteiger partial charge in [-0.2, -0.15) is 0 Å². The monoisotopic (exact) mass is 520 g/mol. The lowest BCUT2D eigenvalue weighted by Gasteiger charge is -2.32. The van der Waals surface area contributed by atoms with Crippen molar-refractivity contribution in [3.05, 3.63) is 82.3 Å². The number of halogens is 2. The van der Waals surface area contributed by atoms with Crippen LogP contribution in [0.5, 0.6) is 0 Å². The Morgan fingerprint density at radius 3 is 2.47 bits per heavy atom. The largest absolute Gasteiger partial charge is 0.326 e. The Bertz CT molecular complexity index is 1360. The molecule has 3 aromatic carbocycles. The topological polar surface area (TPSA) is 50.2 Å². The molecule has 0 unspecified atom stereocenters. The zero-order chi connectivity index (χ0) is 25.1. The molecule has 2 heterocycles. The van der Waals surface area contributed by atoms with Crippen LogP contribution in [0.1, 0.15) is 37.7 Å². The van der Waals surface area contributed by atoms with Crippen LogP contribution in [0.4, 0.5) is 5.69 Å². The quantitative estimate of drug-likeness (QED) is 0.279. The van der Waals surface area contributed by atoms with Gasteiger partial charge in [-0.15, -0.1) is 0 Å². The SMILES string of the molecule is CC(=O)Nc1cccc(C2CCN(CCCn3c(-c4ccc(Cl)cc4)nc4ccc(Cl)cc43)CC2)c1. The van der Waals surface area contributed by atoms with Gasteiger partial charge >= 0.3 is 0 Å². The standard InChI is InChI=1S/C29H30Cl2N4O/c1-20(36)32-26-5-2-4-23(18-26)21-12-16-34(17-13-21)14-3-15-35-28-19-25(31)10-11-27(28)33-29(35)22-6-8-24(30)9-7-22/h2,4-11,18-19,21H,3,12-17H2,1H3,(H,32,36). The molecule has 0 atom stereocenters. The van der Waals surface area contributed by atoms with Gasteiger partial charge in [-0.25, -0.2) is 4.98 Å². The summed E-state index contributed by atoms with van der Waals surface area (Å²) in [6.45, 7) is 5.61. The third-order valence-corrected chi connectivity index (χ3v) is 7.42. The van der Waals surface area contributed by atoms with E-state index in [0.717, 1.165) is 83.6 Å². The molecule has 1 amide bonds. The summed E-state index contributed by atoms with van der Waals surface area (Å²) in [5.41, 5.74) is 5.26. The molecule has 36 heavy (non-hydrogen) atoms. The third kappa shape index (κ3) is 5.75. The Morgan fingerprint density at radius 1 is 0.972 bits per heavy atom. The van der Waals surface area contributed by atoms with Crippen molar-refractivity contribution in [2.75, 3.05) is 25.0 Å². The Labute approximate surface area is 222 Å². The molecule has 0 radical (unpaired) electrons. The minimum atomic E-state index is -0.0332.